The van der Waals surface area contributed by atoms with Crippen molar-refractivity contribution in [3.05, 3.63) is 36.5 Å². The predicted molar refractivity (Wildman–Crippen MR) is 375 cm³/mol. The van der Waals surface area contributed by atoms with Gasteiger partial charge in [0.15, 0.2) is 12.4 Å². The molecule has 1 aliphatic rings. The number of hydrogen-bond acceptors (Lipinski definition) is 10. The quantitative estimate of drug-likeness (QED) is 0.0195. The Morgan fingerprint density at radius 1 is 0.427 bits per heavy atom. The number of amides is 1. The summed E-state index contributed by atoms with van der Waals surface area (Å²) in [6.07, 6.45) is 71.9. The van der Waals surface area contributed by atoms with Crippen LogP contribution in [-0.4, -0.2) is 99.6 Å². The third-order valence-corrected chi connectivity index (χ3v) is 18.5. The van der Waals surface area contributed by atoms with Gasteiger partial charge in [0.1, 0.15) is 24.4 Å². The van der Waals surface area contributed by atoms with Crippen LogP contribution in [0.4, 0.5) is 0 Å². The molecule has 0 aromatic rings. The summed E-state index contributed by atoms with van der Waals surface area (Å²) in [4.78, 5) is 26.7. The molecule has 1 heterocycles. The molecule has 8 unspecified atom stereocenters. The third kappa shape index (κ3) is 52.9. The first-order valence-electron chi connectivity index (χ1n) is 38.8. The molecule has 8 atom stereocenters. The van der Waals surface area contributed by atoms with Crippen LogP contribution in [0.3, 0.4) is 0 Å². The Morgan fingerprint density at radius 2 is 0.742 bits per heavy atom. The highest BCUT2D eigenvalue weighted by atomic mass is 16.7. The Morgan fingerprint density at radius 3 is 1.09 bits per heavy atom. The van der Waals surface area contributed by atoms with Crippen LogP contribution in [-0.2, 0) is 23.8 Å². The average molecular weight is 1260 g/mol. The summed E-state index contributed by atoms with van der Waals surface area (Å²) in [5.41, 5.74) is 0. The molecular formula is C78H147NO10. The van der Waals surface area contributed by atoms with Gasteiger partial charge in [0, 0.05) is 6.42 Å². The molecule has 1 aliphatic heterocycles. The zero-order valence-corrected chi connectivity index (χ0v) is 58.6. The second-order valence-electron chi connectivity index (χ2n) is 27.1. The SMILES string of the molecule is CCCCCCCC/C=C/CCCCCCCCCCCCCCCCCCC(O)C(=O)NC(COC1OC(CO)C(O)C(O)C1OC(=O)CCCCCCCCCCCCC/C=C/CCCCCCCC)C(O)/C=C/CCCCCCCCCCCCC. The van der Waals surface area contributed by atoms with Gasteiger partial charge in [-0.05, 0) is 77.0 Å². The van der Waals surface area contributed by atoms with E-state index in [2.05, 4.69) is 50.4 Å². The number of hydrogen-bond donors (Lipinski definition) is 6. The molecule has 1 fully saturated rings. The molecule has 1 rings (SSSR count). The van der Waals surface area contributed by atoms with Gasteiger partial charge in [-0.2, -0.15) is 0 Å². The Balaban J connectivity index is 2.52. The summed E-state index contributed by atoms with van der Waals surface area (Å²) < 4.78 is 17.7. The number of rotatable bonds is 68. The molecule has 0 aromatic carbocycles. The van der Waals surface area contributed by atoms with Crippen LogP contribution in [0.2, 0.25) is 0 Å². The van der Waals surface area contributed by atoms with Crippen LogP contribution in [0.1, 0.15) is 387 Å². The van der Waals surface area contributed by atoms with Crippen molar-refractivity contribution in [2.24, 2.45) is 0 Å². The Kier molecular flexibility index (Phi) is 62.9. The van der Waals surface area contributed by atoms with Gasteiger partial charge in [0.25, 0.3) is 0 Å². The highest BCUT2D eigenvalue weighted by molar-refractivity contribution is 5.80. The average Bonchev–Trinajstić information content (AvgIpc) is 3.11. The number of allylic oxidation sites excluding steroid dienone is 5. The topological polar surface area (TPSA) is 175 Å². The number of unbranched alkanes of at least 4 members (excludes halogenated alkanes) is 50. The lowest BCUT2D eigenvalue weighted by Crippen LogP contribution is -2.61. The van der Waals surface area contributed by atoms with Crippen molar-refractivity contribution in [2.75, 3.05) is 13.2 Å². The van der Waals surface area contributed by atoms with Gasteiger partial charge in [-0.3, -0.25) is 9.59 Å². The lowest BCUT2D eigenvalue weighted by Gasteiger charge is -2.41. The molecule has 0 spiro atoms. The van der Waals surface area contributed by atoms with Crippen molar-refractivity contribution in [2.45, 2.75) is 436 Å². The van der Waals surface area contributed by atoms with E-state index in [0.29, 0.717) is 19.3 Å². The van der Waals surface area contributed by atoms with Gasteiger partial charge in [-0.15, -0.1) is 0 Å². The summed E-state index contributed by atoms with van der Waals surface area (Å²) >= 11 is 0. The zero-order chi connectivity index (χ0) is 64.6. The van der Waals surface area contributed by atoms with Gasteiger partial charge in [-0.1, -0.05) is 340 Å². The molecule has 0 bridgehead atoms. The van der Waals surface area contributed by atoms with E-state index >= 15 is 0 Å². The fourth-order valence-electron chi connectivity index (χ4n) is 12.4. The van der Waals surface area contributed by atoms with E-state index in [1.165, 1.54) is 283 Å². The molecule has 0 aliphatic carbocycles. The number of carbonyl (C=O) groups excluding carboxylic acids is 2. The minimum Gasteiger partial charge on any atom is -0.454 e. The fourth-order valence-corrected chi connectivity index (χ4v) is 12.4. The Bertz CT molecular complexity index is 1590. The summed E-state index contributed by atoms with van der Waals surface area (Å²) in [7, 11) is 0. The van der Waals surface area contributed by atoms with Gasteiger partial charge in [-0.25, -0.2) is 0 Å². The Hall–Kier alpha value is -2.12. The number of nitrogens with one attached hydrogen (secondary N) is 1. The summed E-state index contributed by atoms with van der Waals surface area (Å²) in [6.45, 7) is 5.85. The zero-order valence-electron chi connectivity index (χ0n) is 58.6. The normalized spacial score (nSPS) is 18.2. The maximum atomic E-state index is 13.5. The van der Waals surface area contributed by atoms with Gasteiger partial charge < -0.3 is 45.1 Å². The van der Waals surface area contributed by atoms with Crippen LogP contribution < -0.4 is 5.32 Å². The molecule has 1 saturated heterocycles. The van der Waals surface area contributed by atoms with Gasteiger partial charge >= 0.3 is 5.97 Å². The van der Waals surface area contributed by atoms with Crippen molar-refractivity contribution in [1.29, 1.82) is 0 Å². The standard InChI is InChI=1S/C78H147NO10/c1-4-7-10-13-16-19-22-25-27-29-31-33-34-35-36-37-39-40-42-44-47-50-53-56-59-62-65-71(82)77(86)79-69(70(81)64-61-58-55-52-49-46-24-21-18-15-12-9-6-3)68-87-78-76(75(85)74(84)72(67-80)88-78)89-73(83)66-63-60-57-54-51-48-45-43-41-38-32-30-28-26-23-20-17-14-11-8-5-2/h25-28,61,64,69-72,74-76,78,80-82,84-85H,4-24,29-60,62-63,65-68H2,1-3H3,(H,79,86)/b27-25+,28-26+,64-61+. The van der Waals surface area contributed by atoms with Crippen LogP contribution >= 0.6 is 0 Å². The van der Waals surface area contributed by atoms with Crippen molar-refractivity contribution < 1.29 is 49.3 Å². The molecule has 0 radical (unpaired) electrons. The number of aliphatic hydroxyl groups excluding tert-OH is 5. The Labute approximate surface area is 549 Å². The smallest absolute Gasteiger partial charge is 0.306 e. The van der Waals surface area contributed by atoms with E-state index in [0.717, 1.165) is 57.8 Å². The fraction of sp³-hybridized carbons (Fsp3) is 0.897. The molecule has 11 nitrogen and oxygen atoms in total. The molecule has 89 heavy (non-hydrogen) atoms. The molecule has 6 N–H and O–H groups in total. The van der Waals surface area contributed by atoms with E-state index in [9.17, 15) is 35.1 Å². The van der Waals surface area contributed by atoms with E-state index in [1.54, 1.807) is 6.08 Å². The van der Waals surface area contributed by atoms with Crippen molar-refractivity contribution in [3.8, 4) is 0 Å². The van der Waals surface area contributed by atoms with Gasteiger partial charge in [0.2, 0.25) is 5.91 Å². The van der Waals surface area contributed by atoms with Crippen LogP contribution in [0.25, 0.3) is 0 Å². The summed E-state index contributed by atoms with van der Waals surface area (Å²) in [5.74, 6) is -1.18. The number of aliphatic hydroxyl groups is 5. The lowest BCUT2D eigenvalue weighted by atomic mass is 9.99. The van der Waals surface area contributed by atoms with Crippen LogP contribution in [0, 0.1) is 0 Å². The predicted octanol–water partition coefficient (Wildman–Crippen LogP) is 20.5. The molecule has 524 valence electrons. The lowest BCUT2D eigenvalue weighted by molar-refractivity contribution is -0.305. The van der Waals surface area contributed by atoms with Crippen molar-refractivity contribution in [3.63, 3.8) is 0 Å². The van der Waals surface area contributed by atoms with E-state index in [-0.39, 0.29) is 13.0 Å². The van der Waals surface area contributed by atoms with Crippen molar-refractivity contribution >= 4 is 11.9 Å². The molecule has 11 heteroatoms. The van der Waals surface area contributed by atoms with Crippen LogP contribution in [0.5, 0.6) is 0 Å². The largest absolute Gasteiger partial charge is 0.454 e. The summed E-state index contributed by atoms with van der Waals surface area (Å²) in [6, 6.07) is -1.02. The highest BCUT2D eigenvalue weighted by Crippen LogP contribution is 2.27. The number of ether oxygens (including phenoxy) is 3. The third-order valence-electron chi connectivity index (χ3n) is 18.5. The first-order chi connectivity index (χ1) is 43.7. The molecule has 1 amide bonds. The highest BCUT2D eigenvalue weighted by Gasteiger charge is 2.47. The molecule has 0 aromatic heterocycles. The molecule has 0 saturated carbocycles. The molecular weight excluding hydrogens is 1110 g/mol. The van der Waals surface area contributed by atoms with Crippen LogP contribution in [0.15, 0.2) is 36.5 Å². The van der Waals surface area contributed by atoms with Crippen molar-refractivity contribution in [1.82, 2.24) is 5.32 Å². The van der Waals surface area contributed by atoms with E-state index < -0.39 is 67.4 Å². The van der Waals surface area contributed by atoms with Gasteiger partial charge in [0.05, 0.1) is 25.4 Å². The maximum Gasteiger partial charge on any atom is 0.306 e. The summed E-state index contributed by atoms with van der Waals surface area (Å²) in [5, 5.41) is 57.4. The number of esters is 1. The van der Waals surface area contributed by atoms with E-state index in [1.807, 2.05) is 6.08 Å². The minimum absolute atomic E-state index is 0.126. The number of carbonyl (C=O) groups is 2. The first kappa shape index (κ1) is 84.9. The maximum absolute atomic E-state index is 13.5. The first-order valence-corrected chi connectivity index (χ1v) is 38.8. The monoisotopic (exact) mass is 1260 g/mol. The van der Waals surface area contributed by atoms with E-state index in [4.69, 9.17) is 14.2 Å². The second-order valence-corrected chi connectivity index (χ2v) is 27.1. The second kappa shape index (κ2) is 65.9. The minimum atomic E-state index is -1.61.